The molecule has 2 rings (SSSR count). The van der Waals surface area contributed by atoms with Crippen LogP contribution in [0.1, 0.15) is 12.5 Å². The summed E-state index contributed by atoms with van der Waals surface area (Å²) < 4.78 is 2.12. The molecule has 1 N–H and O–H groups in total. The van der Waals surface area contributed by atoms with Crippen LogP contribution in [0.5, 0.6) is 0 Å². The van der Waals surface area contributed by atoms with Gasteiger partial charge in [0.1, 0.15) is 0 Å². The van der Waals surface area contributed by atoms with E-state index >= 15 is 0 Å². The van der Waals surface area contributed by atoms with Crippen molar-refractivity contribution in [3.05, 3.63) is 63.0 Å². The summed E-state index contributed by atoms with van der Waals surface area (Å²) in [5.74, 6) is 0. The molecule has 0 atom stereocenters. The molecular formula is C16H14Br2O. The average molecular weight is 382 g/mol. The van der Waals surface area contributed by atoms with E-state index in [4.69, 9.17) is 5.11 Å². The molecule has 2 aromatic rings. The SMILES string of the molecule is C/C(=C/CO)c1ccc(-c2ccc(Br)cc2Br)cc1. The highest BCUT2D eigenvalue weighted by molar-refractivity contribution is 9.11. The van der Waals surface area contributed by atoms with Crippen LogP contribution >= 0.6 is 31.9 Å². The van der Waals surface area contributed by atoms with E-state index in [2.05, 4.69) is 62.2 Å². The zero-order chi connectivity index (χ0) is 13.8. The normalized spacial score (nSPS) is 11.7. The largest absolute Gasteiger partial charge is 0.392 e. The van der Waals surface area contributed by atoms with E-state index < -0.39 is 0 Å². The topological polar surface area (TPSA) is 20.2 Å². The van der Waals surface area contributed by atoms with Gasteiger partial charge < -0.3 is 5.11 Å². The van der Waals surface area contributed by atoms with Crippen LogP contribution in [0.15, 0.2) is 57.5 Å². The van der Waals surface area contributed by atoms with E-state index in [0.717, 1.165) is 20.1 Å². The van der Waals surface area contributed by atoms with Crippen LogP contribution in [-0.2, 0) is 0 Å². The zero-order valence-electron chi connectivity index (χ0n) is 10.5. The third kappa shape index (κ3) is 3.56. The van der Waals surface area contributed by atoms with Crippen LogP contribution in [0.25, 0.3) is 16.7 Å². The van der Waals surface area contributed by atoms with Crippen molar-refractivity contribution in [2.75, 3.05) is 6.61 Å². The summed E-state index contributed by atoms with van der Waals surface area (Å²) >= 11 is 7.04. The Morgan fingerprint density at radius 1 is 1.11 bits per heavy atom. The van der Waals surface area contributed by atoms with Crippen molar-refractivity contribution >= 4 is 37.4 Å². The predicted octanol–water partition coefficient (Wildman–Crippen LogP) is 5.27. The maximum atomic E-state index is 8.91. The summed E-state index contributed by atoms with van der Waals surface area (Å²) in [7, 11) is 0. The van der Waals surface area contributed by atoms with Gasteiger partial charge in [-0.25, -0.2) is 0 Å². The summed E-state index contributed by atoms with van der Waals surface area (Å²) in [5.41, 5.74) is 4.55. The van der Waals surface area contributed by atoms with E-state index in [9.17, 15) is 0 Å². The van der Waals surface area contributed by atoms with Gasteiger partial charge in [0.25, 0.3) is 0 Å². The predicted molar refractivity (Wildman–Crippen MR) is 88.0 cm³/mol. The van der Waals surface area contributed by atoms with Crippen molar-refractivity contribution in [2.24, 2.45) is 0 Å². The van der Waals surface area contributed by atoms with Crippen molar-refractivity contribution < 1.29 is 5.11 Å². The molecule has 3 heteroatoms. The van der Waals surface area contributed by atoms with Gasteiger partial charge in [-0.15, -0.1) is 0 Å². The van der Waals surface area contributed by atoms with Gasteiger partial charge in [0.15, 0.2) is 0 Å². The van der Waals surface area contributed by atoms with Crippen molar-refractivity contribution in [3.63, 3.8) is 0 Å². The van der Waals surface area contributed by atoms with Crippen LogP contribution in [0.4, 0.5) is 0 Å². The van der Waals surface area contributed by atoms with Crippen LogP contribution in [-0.4, -0.2) is 11.7 Å². The molecular weight excluding hydrogens is 368 g/mol. The number of allylic oxidation sites excluding steroid dienone is 1. The smallest absolute Gasteiger partial charge is 0.0618 e. The molecule has 19 heavy (non-hydrogen) atoms. The fourth-order valence-corrected chi connectivity index (χ4v) is 3.17. The minimum Gasteiger partial charge on any atom is -0.392 e. The first-order chi connectivity index (χ1) is 9.11. The standard InChI is InChI=1S/C16H14Br2O/c1-11(8-9-19)12-2-4-13(5-3-12)15-7-6-14(17)10-16(15)18/h2-8,10,19H,9H2,1H3/b11-8-. The van der Waals surface area contributed by atoms with Crippen LogP contribution in [0.2, 0.25) is 0 Å². The zero-order valence-corrected chi connectivity index (χ0v) is 13.7. The Bertz CT molecular complexity index is 601. The van der Waals surface area contributed by atoms with Gasteiger partial charge in [-0.2, -0.15) is 0 Å². The summed E-state index contributed by atoms with van der Waals surface area (Å²) in [5, 5.41) is 8.91. The number of hydrogen-bond donors (Lipinski definition) is 1. The van der Waals surface area contributed by atoms with Crippen molar-refractivity contribution in [3.8, 4) is 11.1 Å². The first-order valence-electron chi connectivity index (χ1n) is 5.95. The lowest BCUT2D eigenvalue weighted by Gasteiger charge is -2.07. The Balaban J connectivity index is 2.35. The van der Waals surface area contributed by atoms with Crippen molar-refractivity contribution in [1.29, 1.82) is 0 Å². The minimum atomic E-state index is 0.0752. The molecule has 0 radical (unpaired) electrons. The number of aliphatic hydroxyl groups is 1. The van der Waals surface area contributed by atoms with E-state index in [0.29, 0.717) is 0 Å². The van der Waals surface area contributed by atoms with Crippen molar-refractivity contribution in [2.45, 2.75) is 6.92 Å². The molecule has 0 aliphatic carbocycles. The molecule has 98 valence electrons. The third-order valence-electron chi connectivity index (χ3n) is 2.98. The molecule has 1 nitrogen and oxygen atoms in total. The second-order valence-electron chi connectivity index (χ2n) is 4.27. The van der Waals surface area contributed by atoms with Crippen molar-refractivity contribution in [1.82, 2.24) is 0 Å². The summed E-state index contributed by atoms with van der Waals surface area (Å²) in [6, 6.07) is 14.5. The number of halogens is 2. The molecule has 0 unspecified atom stereocenters. The second kappa shape index (κ2) is 6.51. The van der Waals surface area contributed by atoms with E-state index in [1.54, 1.807) is 0 Å². The molecule has 0 saturated heterocycles. The van der Waals surface area contributed by atoms with E-state index in [1.807, 2.05) is 25.1 Å². The highest BCUT2D eigenvalue weighted by Gasteiger charge is 2.04. The van der Waals surface area contributed by atoms with E-state index in [-0.39, 0.29) is 6.61 Å². The molecule has 0 aromatic heterocycles. The van der Waals surface area contributed by atoms with Gasteiger partial charge in [0.05, 0.1) is 6.61 Å². The lowest BCUT2D eigenvalue weighted by molar-refractivity contribution is 0.343. The maximum Gasteiger partial charge on any atom is 0.0618 e. The summed E-state index contributed by atoms with van der Waals surface area (Å²) in [6.45, 7) is 2.08. The van der Waals surface area contributed by atoms with E-state index in [1.165, 1.54) is 11.1 Å². The lowest BCUT2D eigenvalue weighted by Crippen LogP contribution is -1.84. The molecule has 0 fully saturated rings. The van der Waals surface area contributed by atoms with Gasteiger partial charge in [0.2, 0.25) is 0 Å². The Kier molecular flexibility index (Phi) is 4.97. The Morgan fingerprint density at radius 2 is 1.79 bits per heavy atom. The number of hydrogen-bond acceptors (Lipinski definition) is 1. The molecule has 0 aliphatic heterocycles. The molecule has 0 spiro atoms. The second-order valence-corrected chi connectivity index (χ2v) is 6.04. The quantitative estimate of drug-likeness (QED) is 0.767. The van der Waals surface area contributed by atoms with Crippen LogP contribution in [0, 0.1) is 0 Å². The fraction of sp³-hybridized carbons (Fsp3) is 0.125. The average Bonchev–Trinajstić information content (AvgIpc) is 2.39. The summed E-state index contributed by atoms with van der Waals surface area (Å²) in [6.07, 6.45) is 1.81. The van der Waals surface area contributed by atoms with Crippen LogP contribution < -0.4 is 0 Å². The van der Waals surface area contributed by atoms with Gasteiger partial charge in [-0.05, 0) is 41.3 Å². The fourth-order valence-electron chi connectivity index (χ4n) is 1.89. The van der Waals surface area contributed by atoms with Gasteiger partial charge in [-0.1, -0.05) is 68.3 Å². The Hall–Kier alpha value is -0.900. The lowest BCUT2D eigenvalue weighted by atomic mass is 10.0. The third-order valence-corrected chi connectivity index (χ3v) is 4.13. The number of benzene rings is 2. The molecule has 2 aromatic carbocycles. The first kappa shape index (κ1) is 14.5. The van der Waals surface area contributed by atoms with Gasteiger partial charge in [-0.3, -0.25) is 0 Å². The Morgan fingerprint density at radius 3 is 2.37 bits per heavy atom. The molecule has 0 saturated carbocycles. The first-order valence-corrected chi connectivity index (χ1v) is 7.54. The molecule has 0 amide bonds. The number of aliphatic hydroxyl groups excluding tert-OH is 1. The number of rotatable bonds is 3. The minimum absolute atomic E-state index is 0.0752. The maximum absolute atomic E-state index is 8.91. The molecule has 0 bridgehead atoms. The molecule has 0 aliphatic rings. The van der Waals surface area contributed by atoms with Crippen LogP contribution in [0.3, 0.4) is 0 Å². The highest BCUT2D eigenvalue weighted by atomic mass is 79.9. The molecule has 0 heterocycles. The monoisotopic (exact) mass is 380 g/mol. The summed E-state index contributed by atoms with van der Waals surface area (Å²) in [4.78, 5) is 0. The highest BCUT2D eigenvalue weighted by Crippen LogP contribution is 2.31. The Labute approximate surface area is 130 Å². The van der Waals surface area contributed by atoms with Gasteiger partial charge in [0, 0.05) is 8.95 Å². The van der Waals surface area contributed by atoms with Gasteiger partial charge >= 0.3 is 0 Å².